The third-order valence-corrected chi connectivity index (χ3v) is 11.7. The van der Waals surface area contributed by atoms with E-state index in [-0.39, 0.29) is 7.43 Å². The Hall–Kier alpha value is -0.340. The first-order valence-corrected chi connectivity index (χ1v) is 13.2. The molecule has 10 unspecified atom stereocenters. The van der Waals surface area contributed by atoms with Gasteiger partial charge in [-0.05, 0) is 123 Å². The Morgan fingerprint density at radius 2 is 1.52 bits per heavy atom. The van der Waals surface area contributed by atoms with Crippen LogP contribution in [0.5, 0.6) is 0 Å². The van der Waals surface area contributed by atoms with Crippen molar-refractivity contribution in [1.82, 2.24) is 0 Å². The summed E-state index contributed by atoms with van der Waals surface area (Å²) >= 11 is 0. The van der Waals surface area contributed by atoms with Gasteiger partial charge in [-0.2, -0.15) is 0 Å². The standard InChI is InChI=1S/C25H43NO.C3H6.CH4/c1-16-18-8-12-24(3)19-9-14-25(15-27)11-4-5-20(25)17(19)6-7-22(24)23(18,2)13-10-21(16)26;1-3-2;/h16-22,27H,4-15,26H2,1-3H3;3H,1H2,2H3;1H4. The van der Waals surface area contributed by atoms with E-state index >= 15 is 0 Å². The highest BCUT2D eigenvalue weighted by Gasteiger charge is 2.64. The van der Waals surface area contributed by atoms with E-state index in [4.69, 9.17) is 5.73 Å². The van der Waals surface area contributed by atoms with Gasteiger partial charge in [-0.25, -0.2) is 0 Å². The summed E-state index contributed by atoms with van der Waals surface area (Å²) in [5.41, 5.74) is 7.88. The molecule has 5 saturated carbocycles. The van der Waals surface area contributed by atoms with Crippen molar-refractivity contribution in [1.29, 1.82) is 0 Å². The van der Waals surface area contributed by atoms with E-state index in [0.29, 0.717) is 34.8 Å². The molecule has 2 heteroatoms. The van der Waals surface area contributed by atoms with E-state index < -0.39 is 0 Å². The van der Waals surface area contributed by atoms with Gasteiger partial charge in [0, 0.05) is 12.6 Å². The highest BCUT2D eigenvalue weighted by molar-refractivity contribution is 5.13. The molecule has 5 aliphatic rings. The van der Waals surface area contributed by atoms with Gasteiger partial charge in [0.05, 0.1) is 0 Å². The van der Waals surface area contributed by atoms with Crippen molar-refractivity contribution in [2.75, 3.05) is 6.61 Å². The lowest BCUT2D eigenvalue weighted by Gasteiger charge is -2.67. The maximum absolute atomic E-state index is 10.3. The molecular formula is C29H53NO. The molecule has 0 radical (unpaired) electrons. The molecule has 0 aromatic carbocycles. The number of aliphatic hydroxyl groups is 1. The van der Waals surface area contributed by atoms with Crippen LogP contribution in [0.2, 0.25) is 0 Å². The van der Waals surface area contributed by atoms with Crippen LogP contribution in [0.15, 0.2) is 12.7 Å². The number of fused-ring (bicyclic) bond motifs is 7. The number of aliphatic hydroxyl groups excluding tert-OH is 1. The predicted molar refractivity (Wildman–Crippen MR) is 134 cm³/mol. The van der Waals surface area contributed by atoms with Gasteiger partial charge in [-0.15, -0.1) is 6.58 Å². The maximum atomic E-state index is 10.3. The molecule has 5 rings (SSSR count). The summed E-state index contributed by atoms with van der Waals surface area (Å²) in [6.07, 6.45) is 16.9. The van der Waals surface area contributed by atoms with E-state index in [0.717, 1.165) is 29.6 Å². The van der Waals surface area contributed by atoms with Crippen LogP contribution in [0.25, 0.3) is 0 Å². The average molecular weight is 432 g/mol. The lowest BCUT2D eigenvalue weighted by molar-refractivity contribution is -0.187. The molecule has 31 heavy (non-hydrogen) atoms. The normalized spacial score (nSPS) is 52.8. The second kappa shape index (κ2) is 9.13. The van der Waals surface area contributed by atoms with Gasteiger partial charge in [0.2, 0.25) is 0 Å². The molecule has 0 heterocycles. The monoisotopic (exact) mass is 431 g/mol. The van der Waals surface area contributed by atoms with Crippen LogP contribution in [0, 0.1) is 51.8 Å². The summed E-state index contributed by atoms with van der Waals surface area (Å²) < 4.78 is 0. The molecule has 0 amide bonds. The van der Waals surface area contributed by atoms with E-state index in [1.165, 1.54) is 70.6 Å². The Morgan fingerprint density at radius 1 is 0.903 bits per heavy atom. The first kappa shape index (κ1) is 25.3. The SMILES string of the molecule is C.C=CC.CC1C(N)CCC2(C)C1CCC1(C)C3CCC4(CO)CCCC4C3CCC21. The van der Waals surface area contributed by atoms with Crippen LogP contribution in [0.1, 0.15) is 106 Å². The zero-order chi connectivity index (χ0) is 21.7. The van der Waals surface area contributed by atoms with Crippen molar-refractivity contribution in [3.63, 3.8) is 0 Å². The summed E-state index contributed by atoms with van der Waals surface area (Å²) in [5.74, 6) is 5.10. The van der Waals surface area contributed by atoms with E-state index in [1.807, 2.05) is 6.92 Å². The first-order chi connectivity index (χ1) is 14.3. The molecule has 180 valence electrons. The third kappa shape index (κ3) is 3.67. The minimum atomic E-state index is 0. The Morgan fingerprint density at radius 3 is 2.19 bits per heavy atom. The predicted octanol–water partition coefficient (Wildman–Crippen LogP) is 7.21. The summed E-state index contributed by atoms with van der Waals surface area (Å²) in [7, 11) is 0. The van der Waals surface area contributed by atoms with Crippen LogP contribution >= 0.6 is 0 Å². The van der Waals surface area contributed by atoms with Gasteiger partial charge in [-0.1, -0.05) is 40.7 Å². The number of hydrogen-bond donors (Lipinski definition) is 2. The minimum Gasteiger partial charge on any atom is -0.396 e. The van der Waals surface area contributed by atoms with Gasteiger partial charge in [0.1, 0.15) is 0 Å². The van der Waals surface area contributed by atoms with Crippen molar-refractivity contribution in [3.05, 3.63) is 12.7 Å². The van der Waals surface area contributed by atoms with Gasteiger partial charge in [-0.3, -0.25) is 0 Å². The third-order valence-electron chi connectivity index (χ3n) is 11.7. The fraction of sp³-hybridized carbons (Fsp3) is 0.931. The fourth-order valence-corrected chi connectivity index (χ4v) is 10.3. The van der Waals surface area contributed by atoms with Crippen molar-refractivity contribution >= 4 is 0 Å². The fourth-order valence-electron chi connectivity index (χ4n) is 10.3. The Bertz CT molecular complexity index is 632. The second-order valence-corrected chi connectivity index (χ2v) is 12.6. The van der Waals surface area contributed by atoms with E-state index in [9.17, 15) is 5.11 Å². The van der Waals surface area contributed by atoms with Crippen LogP contribution in [-0.2, 0) is 0 Å². The summed E-state index contributed by atoms with van der Waals surface area (Å²) in [4.78, 5) is 0. The van der Waals surface area contributed by atoms with Crippen LogP contribution in [-0.4, -0.2) is 17.8 Å². The molecule has 2 nitrogen and oxygen atoms in total. The largest absolute Gasteiger partial charge is 0.396 e. The van der Waals surface area contributed by atoms with Crippen LogP contribution in [0.4, 0.5) is 0 Å². The Kier molecular flexibility index (Phi) is 7.45. The lowest BCUT2D eigenvalue weighted by atomic mass is 9.37. The Balaban J connectivity index is 0.000000645. The number of nitrogens with two attached hydrogens (primary N) is 1. The maximum Gasteiger partial charge on any atom is 0.0490 e. The van der Waals surface area contributed by atoms with Gasteiger partial charge >= 0.3 is 0 Å². The number of hydrogen-bond acceptors (Lipinski definition) is 2. The quantitative estimate of drug-likeness (QED) is 0.431. The molecular weight excluding hydrogens is 378 g/mol. The number of rotatable bonds is 1. The molecule has 3 N–H and O–H groups in total. The van der Waals surface area contributed by atoms with E-state index in [2.05, 4.69) is 27.4 Å². The molecule has 0 spiro atoms. The highest BCUT2D eigenvalue weighted by Crippen LogP contribution is 2.71. The minimum absolute atomic E-state index is 0. The zero-order valence-electron chi connectivity index (χ0n) is 20.3. The first-order valence-electron chi connectivity index (χ1n) is 13.2. The summed E-state index contributed by atoms with van der Waals surface area (Å²) in [6.45, 7) is 13.5. The molecule has 5 fully saturated rings. The molecule has 0 aromatic heterocycles. The van der Waals surface area contributed by atoms with E-state index in [1.54, 1.807) is 6.08 Å². The summed E-state index contributed by atoms with van der Waals surface area (Å²) in [6, 6.07) is 0.433. The molecule has 5 aliphatic carbocycles. The van der Waals surface area contributed by atoms with Gasteiger partial charge < -0.3 is 10.8 Å². The van der Waals surface area contributed by atoms with Crippen molar-refractivity contribution < 1.29 is 5.11 Å². The van der Waals surface area contributed by atoms with Crippen LogP contribution < -0.4 is 5.73 Å². The Labute approximate surface area is 193 Å². The molecule has 0 aliphatic heterocycles. The number of allylic oxidation sites excluding steroid dienone is 1. The molecule has 0 bridgehead atoms. The summed E-state index contributed by atoms with van der Waals surface area (Å²) in [5, 5.41) is 10.3. The van der Waals surface area contributed by atoms with Crippen molar-refractivity contribution in [2.24, 2.45) is 57.5 Å². The smallest absolute Gasteiger partial charge is 0.0490 e. The lowest BCUT2D eigenvalue weighted by Crippen LogP contribution is -2.61. The molecule has 0 saturated heterocycles. The van der Waals surface area contributed by atoms with Crippen LogP contribution in [0.3, 0.4) is 0 Å². The molecule has 0 aromatic rings. The highest BCUT2D eigenvalue weighted by atomic mass is 16.3. The second-order valence-electron chi connectivity index (χ2n) is 12.6. The van der Waals surface area contributed by atoms with Crippen molar-refractivity contribution in [2.45, 2.75) is 112 Å². The van der Waals surface area contributed by atoms with Gasteiger partial charge in [0.25, 0.3) is 0 Å². The van der Waals surface area contributed by atoms with Crippen molar-refractivity contribution in [3.8, 4) is 0 Å². The van der Waals surface area contributed by atoms with Gasteiger partial charge in [0.15, 0.2) is 0 Å². The zero-order valence-corrected chi connectivity index (χ0v) is 20.3. The average Bonchev–Trinajstić information content (AvgIpc) is 3.16. The molecule has 10 atom stereocenters. The topological polar surface area (TPSA) is 46.2 Å².